The number of hydrogen-bond donors (Lipinski definition) is 3. The molecule has 0 amide bonds. The molecule has 0 atom stereocenters. The Hall–Kier alpha value is -2.11. The molecule has 1 aromatic carbocycles. The minimum absolute atomic E-state index is 0.207. The predicted octanol–water partition coefficient (Wildman–Crippen LogP) is 1.49. The maximum atomic E-state index is 12.9. The summed E-state index contributed by atoms with van der Waals surface area (Å²) in [6, 6.07) is 4.78. The van der Waals surface area contributed by atoms with Gasteiger partial charge in [-0.25, -0.2) is 9.49 Å². The Kier molecular flexibility index (Phi) is 3.22. The fraction of sp³-hybridized carbons (Fsp3) is 0.273. The number of H-pyrrole nitrogens is 1. The molecule has 0 aliphatic heterocycles. The van der Waals surface area contributed by atoms with Crippen molar-refractivity contribution >= 4 is 11.9 Å². The summed E-state index contributed by atoms with van der Waals surface area (Å²) in [6.45, 7) is 2.56. The zero-order chi connectivity index (χ0) is 12.3. The second-order valence-electron chi connectivity index (χ2n) is 3.79. The lowest BCUT2D eigenvalue weighted by Crippen LogP contribution is -2.07. The largest absolute Gasteiger partial charge is 0.368 e. The van der Waals surface area contributed by atoms with E-state index in [2.05, 4.69) is 20.5 Å². The highest BCUT2D eigenvalue weighted by Crippen LogP contribution is 2.11. The number of nitrogens with one attached hydrogen (secondary N) is 2. The molecule has 1 heterocycles. The highest BCUT2D eigenvalue weighted by atomic mass is 19.1. The number of anilines is 2. The number of aryl methyl sites for hydroxylation is 1. The topological polar surface area (TPSA) is 79.6 Å². The number of halogens is 1. The van der Waals surface area contributed by atoms with Crippen molar-refractivity contribution in [3.05, 3.63) is 35.1 Å². The highest BCUT2D eigenvalue weighted by Gasteiger charge is 2.02. The number of rotatable bonds is 4. The second-order valence-corrected chi connectivity index (χ2v) is 3.79. The first kappa shape index (κ1) is 11.4. The Morgan fingerprint density at radius 3 is 2.94 bits per heavy atom. The van der Waals surface area contributed by atoms with E-state index in [0.717, 1.165) is 17.5 Å². The first-order valence-corrected chi connectivity index (χ1v) is 5.32. The van der Waals surface area contributed by atoms with Crippen LogP contribution in [0, 0.1) is 12.7 Å². The van der Waals surface area contributed by atoms with Crippen LogP contribution in [0.5, 0.6) is 0 Å². The molecule has 0 radical (unpaired) electrons. The summed E-state index contributed by atoms with van der Waals surface area (Å²) in [5.74, 6) is 0.550. The third-order valence-electron chi connectivity index (χ3n) is 2.48. The van der Waals surface area contributed by atoms with Crippen LogP contribution in [-0.2, 0) is 6.42 Å². The van der Waals surface area contributed by atoms with Crippen molar-refractivity contribution in [2.45, 2.75) is 13.3 Å². The average molecular weight is 235 g/mol. The Balaban J connectivity index is 1.90. The first-order chi connectivity index (χ1) is 8.15. The van der Waals surface area contributed by atoms with Gasteiger partial charge >= 0.3 is 0 Å². The minimum Gasteiger partial charge on any atom is -0.368 e. The van der Waals surface area contributed by atoms with Crippen molar-refractivity contribution in [1.82, 2.24) is 15.2 Å². The summed E-state index contributed by atoms with van der Waals surface area (Å²) in [4.78, 5) is 3.92. The summed E-state index contributed by atoms with van der Waals surface area (Å²) in [5.41, 5.74) is 7.44. The molecule has 0 spiro atoms. The summed E-state index contributed by atoms with van der Waals surface area (Å²) >= 11 is 0. The maximum absolute atomic E-state index is 12.9. The lowest BCUT2D eigenvalue weighted by atomic mass is 10.1. The Bertz CT molecular complexity index is 508. The number of nitrogens with zero attached hydrogens (tertiary/aromatic N) is 2. The Morgan fingerprint density at radius 1 is 1.47 bits per heavy atom. The third-order valence-corrected chi connectivity index (χ3v) is 2.48. The van der Waals surface area contributed by atoms with Crippen molar-refractivity contribution < 1.29 is 4.39 Å². The molecule has 2 rings (SSSR count). The normalized spacial score (nSPS) is 10.5. The van der Waals surface area contributed by atoms with Crippen LogP contribution in [0.4, 0.5) is 16.3 Å². The van der Waals surface area contributed by atoms with E-state index < -0.39 is 0 Å². The smallest absolute Gasteiger partial charge is 0.243 e. The van der Waals surface area contributed by atoms with Crippen LogP contribution >= 0.6 is 0 Å². The van der Waals surface area contributed by atoms with Gasteiger partial charge in [-0.05, 0) is 36.6 Å². The molecule has 1 aromatic heterocycles. The fourth-order valence-electron chi connectivity index (χ4n) is 1.60. The molecule has 0 unspecified atom stereocenters. The molecule has 0 fully saturated rings. The average Bonchev–Trinajstić information content (AvgIpc) is 2.68. The van der Waals surface area contributed by atoms with E-state index in [-0.39, 0.29) is 11.8 Å². The molecule has 2 aromatic rings. The molecule has 0 aliphatic carbocycles. The van der Waals surface area contributed by atoms with Crippen molar-refractivity contribution in [3.8, 4) is 0 Å². The second kappa shape index (κ2) is 4.82. The number of aromatic amines is 1. The monoisotopic (exact) mass is 235 g/mol. The summed E-state index contributed by atoms with van der Waals surface area (Å²) in [6.07, 6.45) is 0.778. The van der Waals surface area contributed by atoms with Crippen LogP contribution in [-0.4, -0.2) is 21.7 Å². The van der Waals surface area contributed by atoms with Gasteiger partial charge in [-0.15, -0.1) is 5.10 Å². The van der Waals surface area contributed by atoms with Gasteiger partial charge in [-0.2, -0.15) is 4.98 Å². The number of nitrogens with two attached hydrogens (primary N) is 1. The van der Waals surface area contributed by atoms with E-state index in [1.54, 1.807) is 6.07 Å². The van der Waals surface area contributed by atoms with Gasteiger partial charge in [0.2, 0.25) is 11.9 Å². The van der Waals surface area contributed by atoms with Crippen LogP contribution in [0.25, 0.3) is 0 Å². The maximum Gasteiger partial charge on any atom is 0.243 e. The van der Waals surface area contributed by atoms with Gasteiger partial charge in [-0.3, -0.25) is 0 Å². The third kappa shape index (κ3) is 2.93. The van der Waals surface area contributed by atoms with Crippen molar-refractivity contribution in [1.29, 1.82) is 0 Å². The molecule has 4 N–H and O–H groups in total. The van der Waals surface area contributed by atoms with E-state index in [4.69, 9.17) is 5.73 Å². The quantitative estimate of drug-likeness (QED) is 0.750. The molecule has 6 heteroatoms. The molecule has 0 saturated heterocycles. The SMILES string of the molecule is Cc1cc(F)ccc1CCNc1n[nH]c(N)n1. The van der Waals surface area contributed by atoms with E-state index >= 15 is 0 Å². The van der Waals surface area contributed by atoms with Crippen LogP contribution in [0.15, 0.2) is 18.2 Å². The molecule has 90 valence electrons. The fourth-order valence-corrected chi connectivity index (χ4v) is 1.60. The van der Waals surface area contributed by atoms with Crippen LogP contribution in [0.2, 0.25) is 0 Å². The van der Waals surface area contributed by atoms with Crippen molar-refractivity contribution in [2.75, 3.05) is 17.6 Å². The summed E-state index contributed by atoms with van der Waals surface area (Å²) in [5, 5.41) is 9.42. The molecule has 5 nitrogen and oxygen atoms in total. The number of aromatic nitrogens is 3. The van der Waals surface area contributed by atoms with Gasteiger partial charge < -0.3 is 11.1 Å². The standard InChI is InChI=1S/C11H14FN5/c1-7-6-9(12)3-2-8(7)4-5-14-11-15-10(13)16-17-11/h2-3,6H,4-5H2,1H3,(H4,13,14,15,16,17). The van der Waals surface area contributed by atoms with Crippen LogP contribution in [0.3, 0.4) is 0 Å². The van der Waals surface area contributed by atoms with E-state index in [0.29, 0.717) is 12.5 Å². The van der Waals surface area contributed by atoms with E-state index in [1.165, 1.54) is 12.1 Å². The molecule has 0 bridgehead atoms. The van der Waals surface area contributed by atoms with Crippen molar-refractivity contribution in [3.63, 3.8) is 0 Å². The Labute approximate surface area is 98.3 Å². The van der Waals surface area contributed by atoms with E-state index in [9.17, 15) is 4.39 Å². The highest BCUT2D eigenvalue weighted by molar-refractivity contribution is 5.31. The lowest BCUT2D eigenvalue weighted by Gasteiger charge is -2.06. The first-order valence-electron chi connectivity index (χ1n) is 5.32. The zero-order valence-corrected chi connectivity index (χ0v) is 9.50. The summed E-state index contributed by atoms with van der Waals surface area (Å²) < 4.78 is 12.9. The molecule has 0 aliphatic rings. The van der Waals surface area contributed by atoms with Gasteiger partial charge in [-0.1, -0.05) is 6.07 Å². The lowest BCUT2D eigenvalue weighted by molar-refractivity contribution is 0.625. The van der Waals surface area contributed by atoms with E-state index in [1.807, 2.05) is 6.92 Å². The molecule has 17 heavy (non-hydrogen) atoms. The van der Waals surface area contributed by atoms with Gasteiger partial charge in [0, 0.05) is 6.54 Å². The van der Waals surface area contributed by atoms with Crippen LogP contribution < -0.4 is 11.1 Å². The van der Waals surface area contributed by atoms with Gasteiger partial charge in [0.05, 0.1) is 0 Å². The van der Waals surface area contributed by atoms with Gasteiger partial charge in [0.25, 0.3) is 0 Å². The van der Waals surface area contributed by atoms with Crippen LogP contribution in [0.1, 0.15) is 11.1 Å². The predicted molar refractivity (Wildman–Crippen MR) is 64.1 cm³/mol. The van der Waals surface area contributed by atoms with Crippen molar-refractivity contribution in [2.24, 2.45) is 0 Å². The summed E-state index contributed by atoms with van der Waals surface area (Å²) in [7, 11) is 0. The van der Waals surface area contributed by atoms with Gasteiger partial charge in [0.15, 0.2) is 0 Å². The molecule has 0 saturated carbocycles. The molecular weight excluding hydrogens is 221 g/mol. The Morgan fingerprint density at radius 2 is 2.29 bits per heavy atom. The molecular formula is C11H14FN5. The number of benzene rings is 1. The minimum atomic E-state index is -0.207. The van der Waals surface area contributed by atoms with Gasteiger partial charge in [0.1, 0.15) is 5.82 Å². The zero-order valence-electron chi connectivity index (χ0n) is 9.50. The number of nitrogen functional groups attached to an aromatic ring is 1. The number of hydrogen-bond acceptors (Lipinski definition) is 4.